The van der Waals surface area contributed by atoms with Crippen LogP contribution < -0.4 is 10.6 Å². The Morgan fingerprint density at radius 1 is 0.824 bits per heavy atom. The quantitative estimate of drug-likeness (QED) is 0.484. The zero-order chi connectivity index (χ0) is 24.6. The van der Waals surface area contributed by atoms with E-state index < -0.39 is 17.8 Å². The van der Waals surface area contributed by atoms with Gasteiger partial charge in [-0.1, -0.05) is 0 Å². The summed E-state index contributed by atoms with van der Waals surface area (Å²) >= 11 is 0. The fourth-order valence-corrected chi connectivity index (χ4v) is 4.18. The lowest BCUT2D eigenvalue weighted by Crippen LogP contribution is -2.33. The van der Waals surface area contributed by atoms with Crippen LogP contribution in [0, 0.1) is 0 Å². The number of nitrogens with zero attached hydrogens (tertiary/aromatic N) is 4. The molecule has 2 saturated carbocycles. The van der Waals surface area contributed by atoms with Gasteiger partial charge in [0.05, 0.1) is 0 Å². The van der Waals surface area contributed by atoms with Gasteiger partial charge in [-0.15, -0.1) is 0 Å². The molecule has 4 rings (SSSR count). The molecule has 0 amide bonds. The Hall–Kier alpha value is -2.66. The van der Waals surface area contributed by atoms with Gasteiger partial charge >= 0.3 is 0 Å². The standard InChI is InChI=1S/C22H26F6N6/c1-20(23,24)13-6-11-29-16(12-13)17-32-18(30-14-2-7-21(25,26)8-3-14)34-19(33-17)31-15-4-9-22(27,28)10-5-15/h6,11-12,14-15H,2-5,7-10H2,1H3,(H2,30,31,32,33,34). The average molecular weight is 488 g/mol. The van der Waals surface area contributed by atoms with Crippen molar-refractivity contribution in [1.29, 1.82) is 0 Å². The monoisotopic (exact) mass is 488 g/mol. The molecule has 2 fully saturated rings. The van der Waals surface area contributed by atoms with Gasteiger partial charge in [-0.3, -0.25) is 4.98 Å². The summed E-state index contributed by atoms with van der Waals surface area (Å²) in [7, 11) is 0. The Morgan fingerprint density at radius 3 is 1.74 bits per heavy atom. The molecule has 2 N–H and O–H groups in total. The third-order valence-electron chi connectivity index (χ3n) is 6.23. The molecule has 2 heterocycles. The van der Waals surface area contributed by atoms with Gasteiger partial charge in [0.15, 0.2) is 5.82 Å². The minimum absolute atomic E-state index is 0.00776. The molecule has 2 aliphatic rings. The third kappa shape index (κ3) is 6.26. The van der Waals surface area contributed by atoms with Gasteiger partial charge in [-0.25, -0.2) is 26.3 Å². The van der Waals surface area contributed by atoms with Crippen LogP contribution in [0.2, 0.25) is 0 Å². The van der Waals surface area contributed by atoms with E-state index in [9.17, 15) is 26.3 Å². The van der Waals surface area contributed by atoms with Crippen LogP contribution in [0.15, 0.2) is 18.3 Å². The highest BCUT2D eigenvalue weighted by Gasteiger charge is 2.36. The summed E-state index contributed by atoms with van der Waals surface area (Å²) in [5.41, 5.74) is -0.191. The van der Waals surface area contributed by atoms with Gasteiger partial charge in [0.1, 0.15) is 5.69 Å². The van der Waals surface area contributed by atoms with Crippen molar-refractivity contribution in [1.82, 2.24) is 19.9 Å². The number of alkyl halides is 6. The summed E-state index contributed by atoms with van der Waals surface area (Å²) in [6, 6.07) is 1.77. The number of rotatable bonds is 6. The predicted octanol–water partition coefficient (Wildman–Crippen LogP) is 6.02. The van der Waals surface area contributed by atoms with E-state index in [4.69, 9.17) is 0 Å². The lowest BCUT2D eigenvalue weighted by molar-refractivity contribution is -0.0366. The van der Waals surface area contributed by atoms with Gasteiger partial charge < -0.3 is 10.6 Å². The zero-order valence-electron chi connectivity index (χ0n) is 18.6. The van der Waals surface area contributed by atoms with Crippen molar-refractivity contribution >= 4 is 11.9 Å². The molecule has 0 unspecified atom stereocenters. The molecule has 34 heavy (non-hydrogen) atoms. The van der Waals surface area contributed by atoms with Crippen LogP contribution in [0.1, 0.15) is 63.9 Å². The van der Waals surface area contributed by atoms with Crippen LogP contribution in [-0.2, 0) is 5.92 Å². The van der Waals surface area contributed by atoms with Crippen LogP contribution in [0.3, 0.4) is 0 Å². The summed E-state index contributed by atoms with van der Waals surface area (Å²) in [5.74, 6) is -8.33. The summed E-state index contributed by atoms with van der Waals surface area (Å²) in [6.45, 7) is 0.761. The number of nitrogens with one attached hydrogen (secondary N) is 2. The maximum absolute atomic E-state index is 13.8. The summed E-state index contributed by atoms with van der Waals surface area (Å²) in [5, 5.41) is 6.07. The van der Waals surface area contributed by atoms with Crippen molar-refractivity contribution in [2.24, 2.45) is 0 Å². The van der Waals surface area contributed by atoms with Crippen LogP contribution in [0.4, 0.5) is 38.2 Å². The molecule has 2 aromatic heterocycles. The highest BCUT2D eigenvalue weighted by atomic mass is 19.3. The van der Waals surface area contributed by atoms with E-state index in [0.717, 1.165) is 6.92 Å². The number of anilines is 2. The van der Waals surface area contributed by atoms with E-state index in [-0.39, 0.29) is 92.4 Å². The number of halogens is 6. The van der Waals surface area contributed by atoms with E-state index in [1.165, 1.54) is 18.3 Å². The van der Waals surface area contributed by atoms with Gasteiger partial charge in [0, 0.05) is 56.5 Å². The molecule has 186 valence electrons. The van der Waals surface area contributed by atoms with E-state index >= 15 is 0 Å². The predicted molar refractivity (Wildman–Crippen MR) is 114 cm³/mol. The van der Waals surface area contributed by atoms with E-state index in [2.05, 4.69) is 30.6 Å². The second-order valence-corrected chi connectivity index (χ2v) is 9.17. The molecule has 0 aromatic carbocycles. The number of pyridine rings is 1. The zero-order valence-corrected chi connectivity index (χ0v) is 18.6. The fraction of sp³-hybridized carbons (Fsp3) is 0.636. The highest BCUT2D eigenvalue weighted by molar-refractivity contribution is 5.55. The second-order valence-electron chi connectivity index (χ2n) is 9.17. The lowest BCUT2D eigenvalue weighted by atomic mass is 9.92. The van der Waals surface area contributed by atoms with Gasteiger partial charge in [0.25, 0.3) is 5.92 Å². The molecule has 0 radical (unpaired) electrons. The molecular formula is C22H26F6N6. The van der Waals surface area contributed by atoms with Gasteiger partial charge in [-0.05, 0) is 37.8 Å². The molecule has 6 nitrogen and oxygen atoms in total. The smallest absolute Gasteiger partial charge is 0.270 e. The van der Waals surface area contributed by atoms with Crippen molar-refractivity contribution in [3.8, 4) is 11.5 Å². The number of hydrogen-bond donors (Lipinski definition) is 2. The van der Waals surface area contributed by atoms with E-state index in [0.29, 0.717) is 0 Å². The maximum Gasteiger partial charge on any atom is 0.270 e. The first-order valence-electron chi connectivity index (χ1n) is 11.3. The Balaban J connectivity index is 1.60. The molecule has 0 atom stereocenters. The van der Waals surface area contributed by atoms with Gasteiger partial charge in [0.2, 0.25) is 23.7 Å². The molecule has 0 bridgehead atoms. The van der Waals surface area contributed by atoms with Crippen LogP contribution in [-0.4, -0.2) is 43.9 Å². The van der Waals surface area contributed by atoms with Crippen molar-refractivity contribution in [2.45, 2.75) is 88.1 Å². The number of aromatic nitrogens is 4. The Labute approximate surface area is 193 Å². The minimum atomic E-state index is -3.10. The first-order valence-corrected chi connectivity index (χ1v) is 11.3. The Kier molecular flexibility index (Phi) is 6.61. The van der Waals surface area contributed by atoms with Gasteiger partial charge in [-0.2, -0.15) is 15.0 Å². The van der Waals surface area contributed by atoms with Crippen molar-refractivity contribution in [3.05, 3.63) is 23.9 Å². The molecule has 0 saturated heterocycles. The Bertz CT molecular complexity index is 943. The second kappa shape index (κ2) is 9.18. The first kappa shape index (κ1) is 24.5. The molecular weight excluding hydrogens is 462 g/mol. The topological polar surface area (TPSA) is 75.6 Å². The Morgan fingerprint density at radius 2 is 1.29 bits per heavy atom. The maximum atomic E-state index is 13.8. The molecule has 2 aromatic rings. The lowest BCUT2D eigenvalue weighted by Gasteiger charge is -2.30. The van der Waals surface area contributed by atoms with Crippen LogP contribution in [0.25, 0.3) is 11.5 Å². The average Bonchev–Trinajstić information content (AvgIpc) is 2.76. The largest absolute Gasteiger partial charge is 0.351 e. The SMILES string of the molecule is CC(F)(F)c1ccnc(-c2nc(NC3CCC(F)(F)CC3)nc(NC3CCC(F)(F)CC3)n2)c1. The van der Waals surface area contributed by atoms with E-state index in [1.807, 2.05) is 0 Å². The van der Waals surface area contributed by atoms with Crippen LogP contribution >= 0.6 is 0 Å². The molecule has 0 aliphatic heterocycles. The van der Waals surface area contributed by atoms with Crippen molar-refractivity contribution in [3.63, 3.8) is 0 Å². The molecule has 12 heteroatoms. The summed E-state index contributed by atoms with van der Waals surface area (Å²) in [6.07, 6.45) is 1.01. The normalized spacial score (nSPS) is 21.3. The van der Waals surface area contributed by atoms with Crippen molar-refractivity contribution in [2.75, 3.05) is 10.6 Å². The van der Waals surface area contributed by atoms with Crippen LogP contribution in [0.5, 0.6) is 0 Å². The fourth-order valence-electron chi connectivity index (χ4n) is 4.18. The van der Waals surface area contributed by atoms with Crippen molar-refractivity contribution < 1.29 is 26.3 Å². The highest BCUT2D eigenvalue weighted by Crippen LogP contribution is 2.36. The minimum Gasteiger partial charge on any atom is -0.351 e. The first-order chi connectivity index (χ1) is 15.9. The van der Waals surface area contributed by atoms with E-state index in [1.54, 1.807) is 0 Å². The molecule has 2 aliphatic carbocycles. The summed E-state index contributed by atoms with van der Waals surface area (Å²) in [4.78, 5) is 17.0. The molecule has 0 spiro atoms. The summed E-state index contributed by atoms with van der Waals surface area (Å²) < 4.78 is 81.7. The third-order valence-corrected chi connectivity index (χ3v) is 6.23. The number of hydrogen-bond acceptors (Lipinski definition) is 6.